The van der Waals surface area contributed by atoms with Crippen LogP contribution in [0.1, 0.15) is 13.8 Å². The van der Waals surface area contributed by atoms with E-state index in [4.69, 9.17) is 0 Å². The van der Waals surface area contributed by atoms with Crippen LogP contribution in [0.3, 0.4) is 0 Å². The highest BCUT2D eigenvalue weighted by Gasteiger charge is 2.14. The Morgan fingerprint density at radius 2 is 1.10 bits per heavy atom. The lowest BCUT2D eigenvalue weighted by Gasteiger charge is -2.12. The Balaban J connectivity index is 2.67. The Hall–Kier alpha value is -2.38. The first-order valence-corrected chi connectivity index (χ1v) is 6.66. The summed E-state index contributed by atoms with van der Waals surface area (Å²) in [4.78, 5) is 17.7. The fourth-order valence-electron chi connectivity index (χ4n) is 1.84. The van der Waals surface area contributed by atoms with Crippen LogP contribution in [-0.2, 0) is 0 Å². The number of hydrogen-bond donors (Lipinski definition) is 4. The summed E-state index contributed by atoms with van der Waals surface area (Å²) < 4.78 is 0. The van der Waals surface area contributed by atoms with Crippen LogP contribution >= 0.6 is 0 Å². The average molecular weight is 276 g/mol. The first kappa shape index (κ1) is 14.0. The monoisotopic (exact) mass is 276 g/mol. The van der Waals surface area contributed by atoms with Gasteiger partial charge in [0.25, 0.3) is 0 Å². The van der Waals surface area contributed by atoms with Crippen molar-refractivity contribution < 1.29 is 0 Å². The van der Waals surface area contributed by atoms with Crippen LogP contribution < -0.4 is 21.3 Å². The Morgan fingerprint density at radius 3 is 1.40 bits per heavy atom. The smallest absolute Gasteiger partial charge is 0.225 e. The summed E-state index contributed by atoms with van der Waals surface area (Å²) in [6.07, 6.45) is 0. The van der Waals surface area contributed by atoms with Crippen LogP contribution in [0.4, 0.5) is 23.5 Å². The molecule has 0 atom stereocenters. The fourth-order valence-corrected chi connectivity index (χ4v) is 1.84. The van der Waals surface area contributed by atoms with Gasteiger partial charge < -0.3 is 21.3 Å². The minimum atomic E-state index is 0.556. The van der Waals surface area contributed by atoms with Gasteiger partial charge in [0.15, 0.2) is 11.6 Å². The zero-order chi connectivity index (χ0) is 14.5. The van der Waals surface area contributed by atoms with E-state index in [2.05, 4.69) is 41.2 Å². The molecule has 0 aliphatic heterocycles. The SMILES string of the molecule is CCNc1nc(NC)c2nc(NCC)nc(NC)c2n1. The minimum absolute atomic E-state index is 0.556. The maximum atomic E-state index is 4.47. The molecule has 2 heterocycles. The molecule has 8 heteroatoms. The normalized spacial score (nSPS) is 10.4. The van der Waals surface area contributed by atoms with Gasteiger partial charge in [0.2, 0.25) is 11.9 Å². The highest BCUT2D eigenvalue weighted by molar-refractivity contribution is 5.94. The van der Waals surface area contributed by atoms with Crippen molar-refractivity contribution in [2.45, 2.75) is 13.8 Å². The summed E-state index contributed by atoms with van der Waals surface area (Å²) in [5.41, 5.74) is 1.37. The molecule has 8 nitrogen and oxygen atoms in total. The van der Waals surface area contributed by atoms with Crippen LogP contribution in [0.25, 0.3) is 11.0 Å². The minimum Gasteiger partial charge on any atom is -0.371 e. The second-order valence-corrected chi connectivity index (χ2v) is 4.05. The van der Waals surface area contributed by atoms with Crippen molar-refractivity contribution >= 4 is 34.6 Å². The Kier molecular flexibility index (Phi) is 4.34. The maximum absolute atomic E-state index is 4.47. The first-order valence-electron chi connectivity index (χ1n) is 6.66. The highest BCUT2D eigenvalue weighted by atomic mass is 15.2. The summed E-state index contributed by atoms with van der Waals surface area (Å²) in [6, 6.07) is 0. The summed E-state index contributed by atoms with van der Waals surface area (Å²) in [7, 11) is 3.62. The molecule has 0 spiro atoms. The van der Waals surface area contributed by atoms with E-state index < -0.39 is 0 Å². The van der Waals surface area contributed by atoms with Crippen LogP contribution in [0.2, 0.25) is 0 Å². The van der Waals surface area contributed by atoms with Crippen LogP contribution in [0.5, 0.6) is 0 Å². The molecule has 0 radical (unpaired) electrons. The first-order chi connectivity index (χ1) is 9.73. The van der Waals surface area contributed by atoms with Gasteiger partial charge in [-0.1, -0.05) is 0 Å². The summed E-state index contributed by atoms with van der Waals surface area (Å²) in [5, 5.41) is 12.3. The molecule has 4 N–H and O–H groups in total. The number of fused-ring (bicyclic) bond motifs is 1. The van der Waals surface area contributed by atoms with Gasteiger partial charge >= 0.3 is 0 Å². The van der Waals surface area contributed by atoms with Crippen molar-refractivity contribution in [2.75, 3.05) is 48.5 Å². The van der Waals surface area contributed by atoms with Gasteiger partial charge in [0, 0.05) is 27.2 Å². The Labute approximate surface area is 117 Å². The molecule has 0 aliphatic carbocycles. The standard InChI is InChI=1S/C12H20N8/c1-5-15-11-17-7-8(9(13-3)19-11)18-12(16-6-2)20-10(7)14-4/h5-6H2,1-4H3,(H2,13,15,17,19)(H2,14,16,18,20). The quantitative estimate of drug-likeness (QED) is 0.627. The number of rotatable bonds is 6. The van der Waals surface area contributed by atoms with Gasteiger partial charge in [-0.15, -0.1) is 0 Å². The van der Waals surface area contributed by atoms with E-state index >= 15 is 0 Å². The third-order valence-electron chi connectivity index (χ3n) is 2.69. The molecule has 0 unspecified atom stereocenters. The van der Waals surface area contributed by atoms with Crippen molar-refractivity contribution in [1.82, 2.24) is 19.9 Å². The van der Waals surface area contributed by atoms with Gasteiger partial charge in [-0.25, -0.2) is 9.97 Å². The predicted octanol–water partition coefficient (Wildman–Crippen LogP) is 1.37. The zero-order valence-corrected chi connectivity index (χ0v) is 12.2. The molecule has 0 fully saturated rings. The molecular formula is C12H20N8. The second kappa shape index (κ2) is 6.18. The molecule has 0 saturated heterocycles. The van der Waals surface area contributed by atoms with E-state index in [0.29, 0.717) is 34.6 Å². The largest absolute Gasteiger partial charge is 0.371 e. The van der Waals surface area contributed by atoms with Crippen LogP contribution in [-0.4, -0.2) is 47.1 Å². The molecule has 2 aromatic rings. The van der Waals surface area contributed by atoms with Gasteiger partial charge in [-0.2, -0.15) is 9.97 Å². The molecule has 0 aromatic carbocycles. The van der Waals surface area contributed by atoms with Crippen LogP contribution in [0.15, 0.2) is 0 Å². The molecule has 0 saturated carbocycles. The van der Waals surface area contributed by atoms with E-state index in [0.717, 1.165) is 13.1 Å². The van der Waals surface area contributed by atoms with E-state index in [1.54, 1.807) is 0 Å². The summed E-state index contributed by atoms with van der Waals surface area (Å²) in [6.45, 7) is 5.49. The summed E-state index contributed by atoms with van der Waals surface area (Å²) in [5.74, 6) is 2.45. The Morgan fingerprint density at radius 1 is 0.700 bits per heavy atom. The number of aromatic nitrogens is 4. The van der Waals surface area contributed by atoms with Crippen molar-refractivity contribution in [3.8, 4) is 0 Å². The number of anilines is 4. The average Bonchev–Trinajstić information content (AvgIpc) is 2.46. The van der Waals surface area contributed by atoms with E-state index in [1.165, 1.54) is 0 Å². The van der Waals surface area contributed by atoms with E-state index in [1.807, 2.05) is 27.9 Å². The van der Waals surface area contributed by atoms with Crippen molar-refractivity contribution in [3.63, 3.8) is 0 Å². The number of nitrogens with zero attached hydrogens (tertiary/aromatic N) is 4. The molecule has 0 aliphatic rings. The Bertz CT molecular complexity index is 544. The van der Waals surface area contributed by atoms with Crippen molar-refractivity contribution in [3.05, 3.63) is 0 Å². The molecule has 0 amide bonds. The van der Waals surface area contributed by atoms with Gasteiger partial charge in [0.1, 0.15) is 11.0 Å². The predicted molar refractivity (Wildman–Crippen MR) is 82.5 cm³/mol. The van der Waals surface area contributed by atoms with E-state index in [9.17, 15) is 0 Å². The molecule has 2 aromatic heterocycles. The zero-order valence-electron chi connectivity index (χ0n) is 12.2. The van der Waals surface area contributed by atoms with Gasteiger partial charge in [-0.3, -0.25) is 0 Å². The van der Waals surface area contributed by atoms with E-state index in [-0.39, 0.29) is 0 Å². The highest BCUT2D eigenvalue weighted by Crippen LogP contribution is 2.26. The molecule has 108 valence electrons. The summed E-state index contributed by atoms with van der Waals surface area (Å²) >= 11 is 0. The number of nitrogens with one attached hydrogen (secondary N) is 4. The van der Waals surface area contributed by atoms with Gasteiger partial charge in [0.05, 0.1) is 0 Å². The third kappa shape index (κ3) is 2.63. The number of hydrogen-bond acceptors (Lipinski definition) is 8. The second-order valence-electron chi connectivity index (χ2n) is 4.05. The topological polar surface area (TPSA) is 99.7 Å². The molecular weight excluding hydrogens is 256 g/mol. The fraction of sp³-hybridized carbons (Fsp3) is 0.500. The van der Waals surface area contributed by atoms with Gasteiger partial charge in [-0.05, 0) is 13.8 Å². The molecule has 0 bridgehead atoms. The molecule has 2 rings (SSSR count). The third-order valence-corrected chi connectivity index (χ3v) is 2.69. The van der Waals surface area contributed by atoms with Crippen molar-refractivity contribution in [1.29, 1.82) is 0 Å². The van der Waals surface area contributed by atoms with Crippen LogP contribution in [0, 0.1) is 0 Å². The van der Waals surface area contributed by atoms with Crippen molar-refractivity contribution in [2.24, 2.45) is 0 Å². The lowest BCUT2D eigenvalue weighted by molar-refractivity contribution is 1.07. The lowest BCUT2D eigenvalue weighted by atomic mass is 10.3. The molecule has 20 heavy (non-hydrogen) atoms. The lowest BCUT2D eigenvalue weighted by Crippen LogP contribution is -2.10. The maximum Gasteiger partial charge on any atom is 0.225 e.